The molecule has 0 aliphatic carbocycles. The van der Waals surface area contributed by atoms with Crippen molar-refractivity contribution in [1.82, 2.24) is 0 Å². The molecule has 2 atom stereocenters. The zero-order valence-corrected chi connectivity index (χ0v) is 13.8. The standard InChI is InChI=1S/C14H18BrNO3S/c1-14(2,12(16)13(17)18)20-7-10-6-8-5-9(15)3-4-11(8)19-10/h3-5,10,12H,6-7,16H2,1-2H3,(H,17,18)/t10?,12-/m1/s1. The Morgan fingerprint density at radius 3 is 3.00 bits per heavy atom. The molecule has 1 aromatic carbocycles. The Hall–Kier alpha value is -0.720. The summed E-state index contributed by atoms with van der Waals surface area (Å²) in [4.78, 5) is 11.0. The molecule has 6 heteroatoms. The van der Waals surface area contributed by atoms with Gasteiger partial charge in [0.1, 0.15) is 17.9 Å². The first-order valence-electron chi connectivity index (χ1n) is 6.37. The summed E-state index contributed by atoms with van der Waals surface area (Å²) >= 11 is 4.99. The van der Waals surface area contributed by atoms with Gasteiger partial charge in [0.15, 0.2) is 0 Å². The van der Waals surface area contributed by atoms with Gasteiger partial charge in [-0.25, -0.2) is 0 Å². The van der Waals surface area contributed by atoms with Crippen LogP contribution in [-0.4, -0.2) is 33.7 Å². The van der Waals surface area contributed by atoms with Crippen molar-refractivity contribution in [2.45, 2.75) is 37.2 Å². The van der Waals surface area contributed by atoms with Crippen LogP contribution in [0.25, 0.3) is 0 Å². The van der Waals surface area contributed by atoms with Crippen molar-refractivity contribution in [2.24, 2.45) is 5.73 Å². The zero-order chi connectivity index (χ0) is 14.9. The van der Waals surface area contributed by atoms with Crippen LogP contribution in [0.1, 0.15) is 19.4 Å². The van der Waals surface area contributed by atoms with Gasteiger partial charge in [-0.1, -0.05) is 15.9 Å². The van der Waals surface area contributed by atoms with Crippen LogP contribution in [0.15, 0.2) is 22.7 Å². The second-order valence-electron chi connectivity index (χ2n) is 5.43. The van der Waals surface area contributed by atoms with Gasteiger partial charge in [-0.15, -0.1) is 11.8 Å². The van der Waals surface area contributed by atoms with Crippen LogP contribution in [0.5, 0.6) is 5.75 Å². The maximum absolute atomic E-state index is 11.0. The molecule has 20 heavy (non-hydrogen) atoms. The summed E-state index contributed by atoms with van der Waals surface area (Å²) in [5.41, 5.74) is 6.90. The largest absolute Gasteiger partial charge is 0.489 e. The number of rotatable bonds is 5. The lowest BCUT2D eigenvalue weighted by molar-refractivity contribution is -0.139. The fraction of sp³-hybridized carbons (Fsp3) is 0.500. The van der Waals surface area contributed by atoms with Crippen molar-refractivity contribution in [3.8, 4) is 5.75 Å². The van der Waals surface area contributed by atoms with E-state index in [1.807, 2.05) is 26.0 Å². The monoisotopic (exact) mass is 359 g/mol. The number of benzene rings is 1. The average Bonchev–Trinajstić information content (AvgIpc) is 2.77. The van der Waals surface area contributed by atoms with Crippen LogP contribution in [0, 0.1) is 0 Å². The highest BCUT2D eigenvalue weighted by atomic mass is 79.9. The molecule has 0 spiro atoms. The first-order valence-corrected chi connectivity index (χ1v) is 8.15. The second kappa shape index (κ2) is 5.95. The lowest BCUT2D eigenvalue weighted by atomic mass is 10.1. The van der Waals surface area contributed by atoms with Crippen molar-refractivity contribution in [3.63, 3.8) is 0 Å². The summed E-state index contributed by atoms with van der Waals surface area (Å²) in [6.07, 6.45) is 0.921. The first-order chi connectivity index (χ1) is 9.29. The summed E-state index contributed by atoms with van der Waals surface area (Å²) in [6, 6.07) is 5.09. The Bertz CT molecular complexity index is 521. The molecule has 1 aliphatic heterocycles. The van der Waals surface area contributed by atoms with E-state index in [0.717, 1.165) is 22.4 Å². The predicted octanol–water partition coefficient (Wildman–Crippen LogP) is 2.68. The maximum atomic E-state index is 11.0. The number of hydrogen-bond acceptors (Lipinski definition) is 4. The molecule has 0 fully saturated rings. The van der Waals surface area contributed by atoms with Gasteiger partial charge in [0.2, 0.25) is 0 Å². The van der Waals surface area contributed by atoms with Crippen LogP contribution in [0.4, 0.5) is 0 Å². The average molecular weight is 360 g/mol. The number of ether oxygens (including phenoxy) is 1. The Kier molecular flexibility index (Phi) is 4.66. The number of thioether (sulfide) groups is 1. The molecule has 1 aromatic rings. The molecule has 0 radical (unpaired) electrons. The summed E-state index contributed by atoms with van der Waals surface area (Å²) in [5.74, 6) is 0.668. The predicted molar refractivity (Wildman–Crippen MR) is 84.4 cm³/mol. The highest BCUT2D eigenvalue weighted by Crippen LogP contribution is 2.35. The van der Waals surface area contributed by atoms with Gasteiger partial charge in [0, 0.05) is 21.4 Å². The maximum Gasteiger partial charge on any atom is 0.321 e. The molecule has 1 unspecified atom stereocenters. The summed E-state index contributed by atoms with van der Waals surface area (Å²) < 4.78 is 6.39. The summed E-state index contributed by atoms with van der Waals surface area (Å²) in [7, 11) is 0. The molecule has 1 aliphatic rings. The molecule has 0 saturated carbocycles. The van der Waals surface area contributed by atoms with Crippen LogP contribution >= 0.6 is 27.7 Å². The van der Waals surface area contributed by atoms with Gasteiger partial charge < -0.3 is 15.6 Å². The summed E-state index contributed by atoms with van der Waals surface area (Å²) in [6.45, 7) is 3.71. The number of hydrogen-bond donors (Lipinski definition) is 2. The van der Waals surface area contributed by atoms with E-state index in [2.05, 4.69) is 22.0 Å². The third-order valence-electron chi connectivity index (χ3n) is 3.42. The minimum Gasteiger partial charge on any atom is -0.489 e. The molecule has 2 rings (SSSR count). The lowest BCUT2D eigenvalue weighted by Crippen LogP contribution is -2.47. The van der Waals surface area contributed by atoms with Gasteiger partial charge in [-0.3, -0.25) is 4.79 Å². The van der Waals surface area contributed by atoms with E-state index in [1.165, 1.54) is 5.56 Å². The topological polar surface area (TPSA) is 72.5 Å². The lowest BCUT2D eigenvalue weighted by Gasteiger charge is -2.29. The normalized spacial score (nSPS) is 19.3. The molecular formula is C14H18BrNO3S. The Morgan fingerprint density at radius 1 is 1.65 bits per heavy atom. The molecular weight excluding hydrogens is 342 g/mol. The quantitative estimate of drug-likeness (QED) is 0.845. The minimum atomic E-state index is -0.970. The van der Waals surface area contributed by atoms with Crippen molar-refractivity contribution in [1.29, 1.82) is 0 Å². The van der Waals surface area contributed by atoms with Gasteiger partial charge in [0.05, 0.1) is 0 Å². The van der Waals surface area contributed by atoms with E-state index >= 15 is 0 Å². The molecule has 110 valence electrons. The fourth-order valence-corrected chi connectivity index (χ4v) is 3.57. The third-order valence-corrected chi connectivity index (χ3v) is 5.45. The van der Waals surface area contributed by atoms with Gasteiger partial charge in [0.25, 0.3) is 0 Å². The number of fused-ring (bicyclic) bond motifs is 1. The van der Waals surface area contributed by atoms with Gasteiger partial charge in [-0.2, -0.15) is 0 Å². The van der Waals surface area contributed by atoms with Crippen molar-refractivity contribution in [2.75, 3.05) is 5.75 Å². The Balaban J connectivity index is 1.93. The molecule has 0 aromatic heterocycles. The van der Waals surface area contributed by atoms with Crippen molar-refractivity contribution >= 4 is 33.7 Å². The van der Waals surface area contributed by atoms with E-state index in [-0.39, 0.29) is 6.10 Å². The van der Waals surface area contributed by atoms with Crippen molar-refractivity contribution in [3.05, 3.63) is 28.2 Å². The van der Waals surface area contributed by atoms with Gasteiger partial charge >= 0.3 is 5.97 Å². The highest BCUT2D eigenvalue weighted by molar-refractivity contribution is 9.10. The number of carbonyl (C=O) groups is 1. The van der Waals surface area contributed by atoms with E-state index in [9.17, 15) is 4.79 Å². The molecule has 3 N–H and O–H groups in total. The second-order valence-corrected chi connectivity index (χ2v) is 8.02. The van der Waals surface area contributed by atoms with Crippen LogP contribution in [-0.2, 0) is 11.2 Å². The number of carboxylic acid groups (broad SMARTS) is 1. The molecule has 0 amide bonds. The van der Waals surface area contributed by atoms with E-state index < -0.39 is 16.8 Å². The van der Waals surface area contributed by atoms with E-state index in [0.29, 0.717) is 0 Å². The van der Waals surface area contributed by atoms with Gasteiger partial charge in [-0.05, 0) is 37.6 Å². The Morgan fingerprint density at radius 2 is 2.35 bits per heavy atom. The summed E-state index contributed by atoms with van der Waals surface area (Å²) in [5, 5.41) is 9.01. The van der Waals surface area contributed by atoms with Crippen molar-refractivity contribution < 1.29 is 14.6 Å². The number of halogens is 1. The number of aliphatic carboxylic acids is 1. The van der Waals surface area contributed by atoms with E-state index in [1.54, 1.807) is 11.8 Å². The fourth-order valence-electron chi connectivity index (χ4n) is 2.08. The van der Waals surface area contributed by atoms with Crippen LogP contribution in [0.2, 0.25) is 0 Å². The minimum absolute atomic E-state index is 0.0737. The third kappa shape index (κ3) is 3.48. The molecule has 4 nitrogen and oxygen atoms in total. The molecule has 0 bridgehead atoms. The van der Waals surface area contributed by atoms with E-state index in [4.69, 9.17) is 15.6 Å². The van der Waals surface area contributed by atoms with Crippen LogP contribution in [0.3, 0.4) is 0 Å². The zero-order valence-electron chi connectivity index (χ0n) is 11.4. The molecule has 0 saturated heterocycles. The Labute approximate surface area is 131 Å². The van der Waals surface area contributed by atoms with Crippen LogP contribution < -0.4 is 10.5 Å². The number of carboxylic acids is 1. The first kappa shape index (κ1) is 15.7. The number of nitrogens with two attached hydrogens (primary N) is 1. The highest BCUT2D eigenvalue weighted by Gasteiger charge is 2.34. The smallest absolute Gasteiger partial charge is 0.321 e. The molecule has 1 heterocycles. The SMILES string of the molecule is CC(C)(SCC1Cc2cc(Br)ccc2O1)[C@H](N)C(=O)O.